The largest absolute Gasteiger partial charge is 0.367 e. The molecule has 122 valence electrons. The Morgan fingerprint density at radius 2 is 2.04 bits per heavy atom. The first-order chi connectivity index (χ1) is 10.7. The molecule has 1 aliphatic heterocycles. The Bertz CT molecular complexity index is 771. The Morgan fingerprint density at radius 3 is 2.70 bits per heavy atom. The summed E-state index contributed by atoms with van der Waals surface area (Å²) in [6.45, 7) is 7.85. The van der Waals surface area contributed by atoms with Crippen LogP contribution in [-0.4, -0.2) is 28.1 Å². The number of carbonyl (C=O) groups is 1. The van der Waals surface area contributed by atoms with E-state index in [0.29, 0.717) is 11.8 Å². The highest BCUT2D eigenvalue weighted by atomic mass is 19.1. The van der Waals surface area contributed by atoms with E-state index in [2.05, 4.69) is 10.3 Å². The molecule has 5 heteroatoms. The number of nitrogens with zero attached hydrogens (tertiary/aromatic N) is 1. The lowest BCUT2D eigenvalue weighted by Gasteiger charge is -2.27. The summed E-state index contributed by atoms with van der Waals surface area (Å²) in [6, 6.07) is 6.54. The minimum absolute atomic E-state index is 0.0108. The average molecular weight is 316 g/mol. The zero-order valence-corrected chi connectivity index (χ0v) is 13.8. The number of hydrogen-bond acceptors (Lipinski definition) is 3. The summed E-state index contributed by atoms with van der Waals surface area (Å²) in [5.74, 6) is -1.02. The second-order valence-corrected chi connectivity index (χ2v) is 7.20. The quantitative estimate of drug-likeness (QED) is 0.923. The molecule has 0 radical (unpaired) electrons. The number of hydrogen-bond donors (Lipinski definition) is 1. The van der Waals surface area contributed by atoms with Crippen LogP contribution in [0.1, 0.15) is 44.5 Å². The van der Waals surface area contributed by atoms with Crippen LogP contribution in [0.2, 0.25) is 0 Å². The highest BCUT2D eigenvalue weighted by Gasteiger charge is 2.46. The summed E-state index contributed by atoms with van der Waals surface area (Å²) in [5.41, 5.74) is -0.588. The van der Waals surface area contributed by atoms with Crippen LogP contribution in [0.4, 0.5) is 4.39 Å². The molecule has 2 heterocycles. The molecule has 1 saturated heterocycles. The second-order valence-electron chi connectivity index (χ2n) is 7.20. The van der Waals surface area contributed by atoms with Gasteiger partial charge < -0.3 is 10.1 Å². The molecule has 0 saturated carbocycles. The predicted octanol–water partition coefficient (Wildman–Crippen LogP) is 3.45. The van der Waals surface area contributed by atoms with Gasteiger partial charge in [0.1, 0.15) is 5.52 Å². The Morgan fingerprint density at radius 1 is 1.30 bits per heavy atom. The van der Waals surface area contributed by atoms with Crippen molar-refractivity contribution in [1.82, 2.24) is 10.3 Å². The summed E-state index contributed by atoms with van der Waals surface area (Å²) < 4.78 is 20.5. The fourth-order valence-corrected chi connectivity index (χ4v) is 3.31. The number of amides is 1. The van der Waals surface area contributed by atoms with Crippen LogP contribution in [0.3, 0.4) is 0 Å². The number of nitrogens with one attached hydrogen (secondary N) is 1. The fourth-order valence-electron chi connectivity index (χ4n) is 3.31. The Kier molecular flexibility index (Phi) is 3.64. The Balaban J connectivity index is 1.88. The fraction of sp³-hybridized carbons (Fsp3) is 0.444. The van der Waals surface area contributed by atoms with Gasteiger partial charge in [-0.2, -0.15) is 0 Å². The molecule has 4 nitrogen and oxygen atoms in total. The highest BCUT2D eigenvalue weighted by Crippen LogP contribution is 2.37. The summed E-state index contributed by atoms with van der Waals surface area (Å²) in [5, 5.41) is 3.59. The lowest BCUT2D eigenvalue weighted by atomic mass is 9.94. The molecule has 1 aromatic carbocycles. The zero-order chi connectivity index (χ0) is 16.8. The maximum Gasteiger partial charge on any atom is 0.254 e. The summed E-state index contributed by atoms with van der Waals surface area (Å²) in [7, 11) is 0. The molecule has 1 fully saturated rings. The molecule has 0 aliphatic carbocycles. The number of pyridine rings is 1. The third-order valence-corrected chi connectivity index (χ3v) is 4.34. The Labute approximate surface area is 135 Å². The topological polar surface area (TPSA) is 51.2 Å². The van der Waals surface area contributed by atoms with Gasteiger partial charge in [0.15, 0.2) is 5.82 Å². The minimum atomic E-state index is -0.586. The molecule has 23 heavy (non-hydrogen) atoms. The van der Waals surface area contributed by atoms with Crippen molar-refractivity contribution in [2.24, 2.45) is 0 Å². The molecule has 0 spiro atoms. The minimum Gasteiger partial charge on any atom is -0.367 e. The molecule has 0 bridgehead atoms. The van der Waals surface area contributed by atoms with E-state index < -0.39 is 17.3 Å². The monoisotopic (exact) mass is 316 g/mol. The van der Waals surface area contributed by atoms with Crippen molar-refractivity contribution in [3.8, 4) is 0 Å². The van der Waals surface area contributed by atoms with Crippen LogP contribution >= 0.6 is 0 Å². The molecule has 1 N–H and O–H groups in total. The van der Waals surface area contributed by atoms with Gasteiger partial charge in [0.2, 0.25) is 0 Å². The first-order valence-electron chi connectivity index (χ1n) is 7.74. The van der Waals surface area contributed by atoms with Crippen LogP contribution in [-0.2, 0) is 4.74 Å². The van der Waals surface area contributed by atoms with Gasteiger partial charge in [0, 0.05) is 11.6 Å². The van der Waals surface area contributed by atoms with Gasteiger partial charge in [-0.3, -0.25) is 9.78 Å². The van der Waals surface area contributed by atoms with Gasteiger partial charge in [-0.15, -0.1) is 0 Å². The molecule has 1 amide bonds. The SMILES string of the molecule is CC1(C)CC(NC(=O)c2ccc3cccnc3c2F)C(C)(C)O1. The van der Waals surface area contributed by atoms with Gasteiger partial charge in [0.05, 0.1) is 22.8 Å². The van der Waals surface area contributed by atoms with E-state index in [9.17, 15) is 9.18 Å². The normalized spacial score (nSPS) is 22.2. The van der Waals surface area contributed by atoms with Gasteiger partial charge in [-0.1, -0.05) is 12.1 Å². The van der Waals surface area contributed by atoms with Gasteiger partial charge in [0.25, 0.3) is 5.91 Å². The summed E-state index contributed by atoms with van der Waals surface area (Å²) in [4.78, 5) is 16.6. The lowest BCUT2D eigenvalue weighted by Crippen LogP contribution is -2.46. The lowest BCUT2D eigenvalue weighted by molar-refractivity contribution is -0.0693. The molecule has 1 aliphatic rings. The van der Waals surface area contributed by atoms with Crippen molar-refractivity contribution >= 4 is 16.8 Å². The molecule has 2 aromatic rings. The van der Waals surface area contributed by atoms with E-state index in [1.165, 1.54) is 12.3 Å². The van der Waals surface area contributed by atoms with Crippen molar-refractivity contribution in [2.45, 2.75) is 51.4 Å². The molecule has 1 atom stereocenters. The third-order valence-electron chi connectivity index (χ3n) is 4.34. The average Bonchev–Trinajstić information content (AvgIpc) is 2.66. The van der Waals surface area contributed by atoms with E-state index in [-0.39, 0.29) is 22.7 Å². The Hall–Kier alpha value is -2.01. The van der Waals surface area contributed by atoms with E-state index in [1.54, 1.807) is 18.2 Å². The molecule has 1 aromatic heterocycles. The molecular formula is C18H21FN2O2. The number of halogens is 1. The van der Waals surface area contributed by atoms with Crippen LogP contribution in [0, 0.1) is 5.82 Å². The highest BCUT2D eigenvalue weighted by molar-refractivity contribution is 5.98. The molecule has 1 unspecified atom stereocenters. The van der Waals surface area contributed by atoms with Crippen molar-refractivity contribution in [1.29, 1.82) is 0 Å². The maximum absolute atomic E-state index is 14.6. The first kappa shape index (κ1) is 15.9. The van der Waals surface area contributed by atoms with Crippen LogP contribution in [0.25, 0.3) is 10.9 Å². The predicted molar refractivity (Wildman–Crippen MR) is 86.8 cm³/mol. The van der Waals surface area contributed by atoms with E-state index >= 15 is 0 Å². The van der Waals surface area contributed by atoms with Gasteiger partial charge >= 0.3 is 0 Å². The van der Waals surface area contributed by atoms with Crippen molar-refractivity contribution in [3.05, 3.63) is 41.8 Å². The third kappa shape index (κ3) is 2.93. The smallest absolute Gasteiger partial charge is 0.254 e. The molecule has 3 rings (SSSR count). The molecular weight excluding hydrogens is 295 g/mol. The van der Waals surface area contributed by atoms with Gasteiger partial charge in [-0.05, 0) is 46.2 Å². The second kappa shape index (κ2) is 5.27. The van der Waals surface area contributed by atoms with Gasteiger partial charge in [-0.25, -0.2) is 4.39 Å². The van der Waals surface area contributed by atoms with Crippen molar-refractivity contribution in [3.63, 3.8) is 0 Å². The summed E-state index contributed by atoms with van der Waals surface area (Å²) in [6.07, 6.45) is 2.20. The zero-order valence-electron chi connectivity index (χ0n) is 13.8. The van der Waals surface area contributed by atoms with Crippen molar-refractivity contribution < 1.29 is 13.9 Å². The number of benzene rings is 1. The summed E-state index contributed by atoms with van der Waals surface area (Å²) >= 11 is 0. The van der Waals surface area contributed by atoms with Crippen LogP contribution < -0.4 is 5.32 Å². The maximum atomic E-state index is 14.6. The van der Waals surface area contributed by atoms with E-state index in [0.717, 1.165) is 0 Å². The number of rotatable bonds is 2. The van der Waals surface area contributed by atoms with E-state index in [4.69, 9.17) is 4.74 Å². The standard InChI is InChI=1S/C18H21FN2O2/c1-17(2)10-13(18(3,4)23-17)21-16(22)12-8-7-11-6-5-9-20-15(11)14(12)19/h5-9,13H,10H2,1-4H3,(H,21,22). The first-order valence-corrected chi connectivity index (χ1v) is 7.74. The number of carbonyl (C=O) groups excluding carboxylic acids is 1. The number of ether oxygens (including phenoxy) is 1. The van der Waals surface area contributed by atoms with Crippen molar-refractivity contribution in [2.75, 3.05) is 0 Å². The van der Waals surface area contributed by atoms with Crippen LogP contribution in [0.15, 0.2) is 30.5 Å². The number of fused-ring (bicyclic) bond motifs is 1. The number of aromatic nitrogens is 1. The van der Waals surface area contributed by atoms with E-state index in [1.807, 2.05) is 27.7 Å². The van der Waals surface area contributed by atoms with Crippen LogP contribution in [0.5, 0.6) is 0 Å².